The van der Waals surface area contributed by atoms with Crippen LogP contribution in [-0.2, 0) is 4.79 Å². The molecule has 0 spiro atoms. The molecule has 0 aliphatic rings. The van der Waals surface area contributed by atoms with Gasteiger partial charge >= 0.3 is 5.97 Å². The fourth-order valence-electron chi connectivity index (χ4n) is 1.91. The van der Waals surface area contributed by atoms with E-state index in [2.05, 4.69) is 15.5 Å². The number of halogens is 1. The smallest absolute Gasteiger partial charge is 0.356 e. The van der Waals surface area contributed by atoms with Gasteiger partial charge in [-0.15, -0.1) is 9.83 Å². The lowest BCUT2D eigenvalue weighted by Gasteiger charge is -2.06. The molecule has 9 nitrogen and oxygen atoms in total. The number of carbonyl (C=O) groups excluding carboxylic acids is 1. The first-order valence-electron chi connectivity index (χ1n) is 6.57. The number of hydrogen-bond donors (Lipinski definition) is 2. The predicted octanol–water partition coefficient (Wildman–Crippen LogP) is 1.20. The quantitative estimate of drug-likeness (QED) is 0.681. The fourth-order valence-corrected chi connectivity index (χ4v) is 2.09. The van der Waals surface area contributed by atoms with Gasteiger partial charge in [-0.3, -0.25) is 0 Å². The third-order valence-corrected chi connectivity index (χ3v) is 3.20. The summed E-state index contributed by atoms with van der Waals surface area (Å²) in [4.78, 5) is 16.6. The summed E-state index contributed by atoms with van der Waals surface area (Å²) in [6.45, 7) is 0. The average molecular weight is 348 g/mol. The van der Waals surface area contributed by atoms with Crippen LogP contribution in [0.2, 0.25) is 5.02 Å². The Bertz CT molecular complexity index is 885. The van der Waals surface area contributed by atoms with E-state index in [0.717, 1.165) is 6.08 Å². The molecule has 0 aliphatic carbocycles. The molecule has 0 radical (unpaired) electrons. The first-order valence-corrected chi connectivity index (χ1v) is 6.95. The Hall–Kier alpha value is -3.33. The van der Waals surface area contributed by atoms with E-state index >= 15 is 0 Å². The second kappa shape index (κ2) is 6.42. The van der Waals surface area contributed by atoms with E-state index in [-0.39, 0.29) is 0 Å². The van der Waals surface area contributed by atoms with Gasteiger partial charge < -0.3 is 15.1 Å². The van der Waals surface area contributed by atoms with E-state index in [9.17, 15) is 15.0 Å². The largest absolute Gasteiger partial charge is 0.492 e. The van der Waals surface area contributed by atoms with Crippen molar-refractivity contribution in [3.05, 3.63) is 53.3 Å². The van der Waals surface area contributed by atoms with Gasteiger partial charge in [0.1, 0.15) is 6.33 Å². The standard InChI is InChI=1S/C14H10ClN5O4/c15-10-2-3-11(19-8-16-17-18-19)9(7-10)1-6-14(23)24-20-12(21)4-5-13(20)22/h1-8,21-22H. The van der Waals surface area contributed by atoms with Crippen molar-refractivity contribution in [3.63, 3.8) is 0 Å². The zero-order valence-electron chi connectivity index (χ0n) is 11.9. The van der Waals surface area contributed by atoms with Crippen molar-refractivity contribution in [1.29, 1.82) is 0 Å². The Morgan fingerprint density at radius 1 is 1.21 bits per heavy atom. The molecule has 0 atom stereocenters. The van der Waals surface area contributed by atoms with Gasteiger partial charge in [0.25, 0.3) is 0 Å². The minimum atomic E-state index is -0.820. The Morgan fingerprint density at radius 3 is 2.62 bits per heavy atom. The van der Waals surface area contributed by atoms with E-state index in [1.54, 1.807) is 18.2 Å². The van der Waals surface area contributed by atoms with Crippen LogP contribution in [0.3, 0.4) is 0 Å². The minimum Gasteiger partial charge on any atom is -0.492 e. The van der Waals surface area contributed by atoms with Crippen molar-refractivity contribution in [2.45, 2.75) is 0 Å². The van der Waals surface area contributed by atoms with E-state index in [1.807, 2.05) is 0 Å². The lowest BCUT2D eigenvalue weighted by atomic mass is 10.1. The zero-order valence-corrected chi connectivity index (χ0v) is 12.7. The summed E-state index contributed by atoms with van der Waals surface area (Å²) in [5, 5.41) is 30.2. The number of aromatic nitrogens is 5. The third kappa shape index (κ3) is 3.20. The van der Waals surface area contributed by atoms with Gasteiger partial charge in [-0.2, -0.15) is 4.68 Å². The first kappa shape index (κ1) is 15.6. The molecule has 3 aromatic rings. The van der Waals surface area contributed by atoms with Gasteiger partial charge in [-0.25, -0.2) is 4.79 Å². The zero-order chi connectivity index (χ0) is 17.1. The van der Waals surface area contributed by atoms with Crippen LogP contribution in [0.5, 0.6) is 11.8 Å². The molecule has 1 aromatic carbocycles. The van der Waals surface area contributed by atoms with Crippen LogP contribution in [0, 0.1) is 0 Å². The van der Waals surface area contributed by atoms with Crippen molar-refractivity contribution in [2.24, 2.45) is 0 Å². The molecule has 2 heterocycles. The maximum Gasteiger partial charge on any atom is 0.356 e. The van der Waals surface area contributed by atoms with Gasteiger partial charge in [0.15, 0.2) is 0 Å². The highest BCUT2D eigenvalue weighted by atomic mass is 35.5. The highest BCUT2D eigenvalue weighted by Crippen LogP contribution is 2.21. The lowest BCUT2D eigenvalue weighted by molar-refractivity contribution is -0.139. The summed E-state index contributed by atoms with van der Waals surface area (Å²) < 4.78 is 2.00. The van der Waals surface area contributed by atoms with Crippen molar-refractivity contribution < 1.29 is 19.8 Å². The molecular formula is C14H10ClN5O4. The lowest BCUT2D eigenvalue weighted by Crippen LogP contribution is -2.16. The molecule has 0 aliphatic heterocycles. The molecular weight excluding hydrogens is 338 g/mol. The Balaban J connectivity index is 1.84. The normalized spacial score (nSPS) is 11.0. The molecule has 3 rings (SSSR count). The molecule has 0 bridgehead atoms. The van der Waals surface area contributed by atoms with Crippen LogP contribution in [0.1, 0.15) is 5.56 Å². The average Bonchev–Trinajstić information content (AvgIpc) is 3.19. The summed E-state index contributed by atoms with van der Waals surface area (Å²) >= 11 is 5.97. The number of nitrogens with zero attached hydrogens (tertiary/aromatic N) is 5. The number of rotatable bonds is 4. The number of tetrazole rings is 1. The fraction of sp³-hybridized carbons (Fsp3) is 0. The van der Waals surface area contributed by atoms with Crippen LogP contribution in [0.4, 0.5) is 0 Å². The SMILES string of the molecule is O=C(C=Cc1cc(Cl)ccc1-n1cnnn1)On1c(O)ccc1O. The summed E-state index contributed by atoms with van der Waals surface area (Å²) in [5.74, 6) is -1.64. The summed E-state index contributed by atoms with van der Waals surface area (Å²) in [5.41, 5.74) is 1.16. The number of benzene rings is 1. The van der Waals surface area contributed by atoms with Crippen LogP contribution < -0.4 is 4.84 Å². The van der Waals surface area contributed by atoms with Crippen LogP contribution in [0.15, 0.2) is 42.7 Å². The van der Waals surface area contributed by atoms with Crippen molar-refractivity contribution in [3.8, 4) is 17.4 Å². The van der Waals surface area contributed by atoms with E-state index in [0.29, 0.717) is 21.0 Å². The Kier molecular flexibility index (Phi) is 4.17. The molecule has 24 heavy (non-hydrogen) atoms. The third-order valence-electron chi connectivity index (χ3n) is 2.96. The highest BCUT2D eigenvalue weighted by Gasteiger charge is 2.10. The highest BCUT2D eigenvalue weighted by molar-refractivity contribution is 6.30. The molecule has 0 saturated carbocycles. The van der Waals surface area contributed by atoms with Gasteiger partial charge in [0, 0.05) is 28.8 Å². The Morgan fingerprint density at radius 2 is 1.96 bits per heavy atom. The summed E-state index contributed by atoms with van der Waals surface area (Å²) in [7, 11) is 0. The van der Waals surface area contributed by atoms with Gasteiger partial charge in [0.05, 0.1) is 5.69 Å². The van der Waals surface area contributed by atoms with Crippen molar-refractivity contribution in [2.75, 3.05) is 0 Å². The molecule has 2 aromatic heterocycles. The molecule has 122 valence electrons. The summed E-state index contributed by atoms with van der Waals surface area (Å²) in [6.07, 6.45) is 3.95. The summed E-state index contributed by atoms with van der Waals surface area (Å²) in [6, 6.07) is 7.32. The number of aromatic hydroxyl groups is 2. The first-order chi connectivity index (χ1) is 11.5. The van der Waals surface area contributed by atoms with Gasteiger partial charge in [-0.05, 0) is 34.7 Å². The molecule has 0 saturated heterocycles. The molecule has 0 unspecified atom stereocenters. The maximum absolute atomic E-state index is 11.8. The van der Waals surface area contributed by atoms with E-state index in [4.69, 9.17) is 16.4 Å². The van der Waals surface area contributed by atoms with Crippen LogP contribution >= 0.6 is 11.6 Å². The van der Waals surface area contributed by atoms with Crippen molar-refractivity contribution in [1.82, 2.24) is 24.9 Å². The maximum atomic E-state index is 11.8. The monoisotopic (exact) mass is 347 g/mol. The van der Waals surface area contributed by atoms with Crippen molar-refractivity contribution >= 4 is 23.6 Å². The second-order valence-electron chi connectivity index (χ2n) is 4.55. The topological polar surface area (TPSA) is 115 Å². The van der Waals surface area contributed by atoms with Gasteiger partial charge in [-0.1, -0.05) is 11.6 Å². The molecule has 0 amide bonds. The molecule has 2 N–H and O–H groups in total. The van der Waals surface area contributed by atoms with Crippen LogP contribution in [-0.4, -0.2) is 41.1 Å². The second-order valence-corrected chi connectivity index (χ2v) is 4.98. The van der Waals surface area contributed by atoms with Crippen LogP contribution in [0.25, 0.3) is 11.8 Å². The number of hydrogen-bond acceptors (Lipinski definition) is 7. The molecule has 10 heteroatoms. The van der Waals surface area contributed by atoms with Gasteiger partial charge in [0.2, 0.25) is 11.8 Å². The van der Waals surface area contributed by atoms with E-state index in [1.165, 1.54) is 29.2 Å². The van der Waals surface area contributed by atoms with E-state index < -0.39 is 17.7 Å². The molecule has 0 fully saturated rings. The minimum absolute atomic E-state index is 0.411. The Labute approximate surface area is 139 Å². The number of carbonyl (C=O) groups is 1. The predicted molar refractivity (Wildman–Crippen MR) is 82.5 cm³/mol.